The Labute approximate surface area is 128 Å². The SMILES string of the molecule is CCCN1CCCC(C(C)NCc2ccc(CC)s2)C1. The second-order valence-electron chi connectivity index (χ2n) is 6.09. The zero-order chi connectivity index (χ0) is 14.4. The Morgan fingerprint density at radius 2 is 2.15 bits per heavy atom. The van der Waals surface area contributed by atoms with Crippen molar-refractivity contribution in [2.45, 2.75) is 59.0 Å². The Bertz CT molecular complexity index is 386. The highest BCUT2D eigenvalue weighted by atomic mass is 32.1. The van der Waals surface area contributed by atoms with Gasteiger partial charge in [-0.25, -0.2) is 0 Å². The molecule has 114 valence electrons. The molecule has 2 unspecified atom stereocenters. The number of hydrogen-bond acceptors (Lipinski definition) is 3. The van der Waals surface area contributed by atoms with E-state index in [0.29, 0.717) is 6.04 Å². The standard InChI is InChI=1S/C17H30N2S/c1-4-10-19-11-6-7-15(13-19)14(3)18-12-17-9-8-16(5-2)20-17/h8-9,14-15,18H,4-7,10-13H2,1-3H3. The van der Waals surface area contributed by atoms with Crippen molar-refractivity contribution in [1.82, 2.24) is 10.2 Å². The molecule has 0 radical (unpaired) electrons. The zero-order valence-corrected chi connectivity index (χ0v) is 14.1. The van der Waals surface area contributed by atoms with Gasteiger partial charge in [0.05, 0.1) is 0 Å². The minimum atomic E-state index is 0.627. The summed E-state index contributed by atoms with van der Waals surface area (Å²) in [5.74, 6) is 0.820. The molecule has 1 aromatic heterocycles. The van der Waals surface area contributed by atoms with E-state index < -0.39 is 0 Å². The number of piperidine rings is 1. The Balaban J connectivity index is 1.77. The smallest absolute Gasteiger partial charge is 0.0302 e. The van der Waals surface area contributed by atoms with Gasteiger partial charge >= 0.3 is 0 Å². The molecule has 0 amide bonds. The molecule has 2 rings (SSSR count). The summed E-state index contributed by atoms with van der Waals surface area (Å²) >= 11 is 1.96. The lowest BCUT2D eigenvalue weighted by Gasteiger charge is -2.36. The van der Waals surface area contributed by atoms with Crippen LogP contribution in [0.1, 0.15) is 49.8 Å². The zero-order valence-electron chi connectivity index (χ0n) is 13.3. The van der Waals surface area contributed by atoms with E-state index in [4.69, 9.17) is 0 Å². The van der Waals surface area contributed by atoms with Crippen LogP contribution in [0.15, 0.2) is 12.1 Å². The number of hydrogen-bond donors (Lipinski definition) is 1. The van der Waals surface area contributed by atoms with Crippen LogP contribution >= 0.6 is 11.3 Å². The van der Waals surface area contributed by atoms with Gasteiger partial charge < -0.3 is 10.2 Å². The van der Waals surface area contributed by atoms with Crippen LogP contribution in [0.25, 0.3) is 0 Å². The number of nitrogens with zero attached hydrogens (tertiary/aromatic N) is 1. The van der Waals surface area contributed by atoms with Gasteiger partial charge in [0.25, 0.3) is 0 Å². The Hall–Kier alpha value is -0.380. The highest BCUT2D eigenvalue weighted by molar-refractivity contribution is 7.11. The van der Waals surface area contributed by atoms with Crippen LogP contribution in [-0.4, -0.2) is 30.6 Å². The van der Waals surface area contributed by atoms with Crippen LogP contribution in [0, 0.1) is 5.92 Å². The Kier molecular flexibility index (Phi) is 6.53. The molecule has 1 saturated heterocycles. The van der Waals surface area contributed by atoms with Gasteiger partial charge in [-0.15, -0.1) is 11.3 Å². The summed E-state index contributed by atoms with van der Waals surface area (Å²) in [4.78, 5) is 5.63. The number of likely N-dealkylation sites (tertiary alicyclic amines) is 1. The number of rotatable bonds is 7. The second kappa shape index (κ2) is 8.16. The minimum Gasteiger partial charge on any atom is -0.309 e. The average Bonchev–Trinajstić information content (AvgIpc) is 2.93. The maximum absolute atomic E-state index is 3.75. The van der Waals surface area contributed by atoms with E-state index in [9.17, 15) is 0 Å². The first kappa shape index (κ1) is 16.0. The van der Waals surface area contributed by atoms with Gasteiger partial charge in [-0.3, -0.25) is 0 Å². The van der Waals surface area contributed by atoms with Gasteiger partial charge in [0, 0.05) is 28.9 Å². The van der Waals surface area contributed by atoms with Crippen molar-refractivity contribution in [2.75, 3.05) is 19.6 Å². The van der Waals surface area contributed by atoms with E-state index in [0.717, 1.165) is 18.9 Å². The van der Waals surface area contributed by atoms with Crippen molar-refractivity contribution in [3.63, 3.8) is 0 Å². The predicted octanol–water partition coefficient (Wildman–Crippen LogP) is 3.91. The van der Waals surface area contributed by atoms with Crippen LogP contribution in [0.2, 0.25) is 0 Å². The first-order valence-electron chi connectivity index (χ1n) is 8.26. The van der Waals surface area contributed by atoms with Crippen LogP contribution in [0.5, 0.6) is 0 Å². The molecule has 3 heteroatoms. The topological polar surface area (TPSA) is 15.3 Å². The normalized spacial score (nSPS) is 22.1. The summed E-state index contributed by atoms with van der Waals surface area (Å²) in [6.07, 6.45) is 5.20. The van der Waals surface area contributed by atoms with E-state index in [1.807, 2.05) is 11.3 Å². The summed E-state index contributed by atoms with van der Waals surface area (Å²) in [6, 6.07) is 5.19. The average molecular weight is 295 g/mol. The van der Waals surface area contributed by atoms with Crippen LogP contribution < -0.4 is 5.32 Å². The molecule has 2 nitrogen and oxygen atoms in total. The summed E-state index contributed by atoms with van der Waals surface area (Å²) in [5, 5.41) is 3.75. The lowest BCUT2D eigenvalue weighted by atomic mass is 9.91. The van der Waals surface area contributed by atoms with Gasteiger partial charge in [-0.2, -0.15) is 0 Å². The maximum atomic E-state index is 3.75. The lowest BCUT2D eigenvalue weighted by molar-refractivity contribution is 0.151. The van der Waals surface area contributed by atoms with Crippen molar-refractivity contribution in [3.8, 4) is 0 Å². The van der Waals surface area contributed by atoms with Gasteiger partial charge in [0.15, 0.2) is 0 Å². The Morgan fingerprint density at radius 3 is 2.85 bits per heavy atom. The molecule has 0 aliphatic carbocycles. The molecule has 2 heterocycles. The molecule has 20 heavy (non-hydrogen) atoms. The molecule has 2 atom stereocenters. The summed E-state index contributed by atoms with van der Waals surface area (Å²) in [6.45, 7) is 11.8. The third-order valence-electron chi connectivity index (χ3n) is 4.45. The highest BCUT2D eigenvalue weighted by Crippen LogP contribution is 2.21. The molecule has 0 aromatic carbocycles. The molecule has 1 aromatic rings. The van der Waals surface area contributed by atoms with E-state index in [1.165, 1.54) is 48.7 Å². The fourth-order valence-corrected chi connectivity index (χ4v) is 4.06. The summed E-state index contributed by atoms with van der Waals surface area (Å²) < 4.78 is 0. The molecule has 0 spiro atoms. The van der Waals surface area contributed by atoms with Crippen LogP contribution in [0.3, 0.4) is 0 Å². The predicted molar refractivity (Wildman–Crippen MR) is 89.5 cm³/mol. The van der Waals surface area contributed by atoms with E-state index >= 15 is 0 Å². The van der Waals surface area contributed by atoms with Gasteiger partial charge in [0.1, 0.15) is 0 Å². The van der Waals surface area contributed by atoms with Crippen molar-refractivity contribution in [1.29, 1.82) is 0 Å². The summed E-state index contributed by atoms with van der Waals surface area (Å²) in [5.41, 5.74) is 0. The molecular formula is C17H30N2S. The van der Waals surface area contributed by atoms with Crippen LogP contribution in [-0.2, 0) is 13.0 Å². The van der Waals surface area contributed by atoms with Crippen molar-refractivity contribution in [2.24, 2.45) is 5.92 Å². The molecular weight excluding hydrogens is 264 g/mol. The maximum Gasteiger partial charge on any atom is 0.0302 e. The van der Waals surface area contributed by atoms with E-state index in [1.54, 1.807) is 0 Å². The fourth-order valence-electron chi connectivity index (χ4n) is 3.15. The second-order valence-corrected chi connectivity index (χ2v) is 7.35. The van der Waals surface area contributed by atoms with Gasteiger partial charge in [-0.1, -0.05) is 13.8 Å². The monoisotopic (exact) mass is 294 g/mol. The third kappa shape index (κ3) is 4.57. The molecule has 0 bridgehead atoms. The lowest BCUT2D eigenvalue weighted by Crippen LogP contribution is -2.44. The fraction of sp³-hybridized carbons (Fsp3) is 0.765. The number of nitrogens with one attached hydrogen (secondary N) is 1. The number of aryl methyl sites for hydroxylation is 1. The molecule has 1 aliphatic rings. The first-order valence-corrected chi connectivity index (χ1v) is 9.07. The highest BCUT2D eigenvalue weighted by Gasteiger charge is 2.23. The molecule has 0 saturated carbocycles. The van der Waals surface area contributed by atoms with Gasteiger partial charge in [-0.05, 0) is 63.7 Å². The van der Waals surface area contributed by atoms with Crippen molar-refractivity contribution in [3.05, 3.63) is 21.9 Å². The van der Waals surface area contributed by atoms with Gasteiger partial charge in [0.2, 0.25) is 0 Å². The largest absolute Gasteiger partial charge is 0.309 e. The summed E-state index contributed by atoms with van der Waals surface area (Å²) in [7, 11) is 0. The van der Waals surface area contributed by atoms with Crippen molar-refractivity contribution < 1.29 is 0 Å². The minimum absolute atomic E-state index is 0.627. The molecule has 1 fully saturated rings. The third-order valence-corrected chi connectivity index (χ3v) is 5.68. The quantitative estimate of drug-likeness (QED) is 0.820. The Morgan fingerprint density at radius 1 is 1.35 bits per heavy atom. The first-order chi connectivity index (χ1) is 9.72. The van der Waals surface area contributed by atoms with Crippen LogP contribution in [0.4, 0.5) is 0 Å². The van der Waals surface area contributed by atoms with E-state index in [-0.39, 0.29) is 0 Å². The molecule has 1 aliphatic heterocycles. The van der Waals surface area contributed by atoms with Crippen molar-refractivity contribution >= 4 is 11.3 Å². The number of thiophene rings is 1. The molecule has 1 N–H and O–H groups in total. The van der Waals surface area contributed by atoms with E-state index in [2.05, 4.69) is 43.1 Å².